The van der Waals surface area contributed by atoms with Gasteiger partial charge in [0.2, 0.25) is 5.91 Å². The fourth-order valence-electron chi connectivity index (χ4n) is 10.9. The van der Waals surface area contributed by atoms with E-state index < -0.39 is 37.0 Å². The minimum absolute atomic E-state index is 0.0472. The number of likely N-dealkylation sites (N-methyl/N-ethyl adjacent to an activating group) is 1. The van der Waals surface area contributed by atoms with Gasteiger partial charge in [0.1, 0.15) is 49.4 Å². The van der Waals surface area contributed by atoms with Gasteiger partial charge in [-0.2, -0.15) is 9.97 Å². The topological polar surface area (TPSA) is 123 Å². The highest BCUT2D eigenvalue weighted by Gasteiger charge is 2.48. The lowest BCUT2D eigenvalue weighted by Gasteiger charge is -2.42. The lowest BCUT2D eigenvalue weighted by atomic mass is 9.95. The number of carbonyl (C=O) groups is 1. The van der Waals surface area contributed by atoms with Crippen molar-refractivity contribution in [3.8, 4) is 34.5 Å². The largest absolute Gasteiger partial charge is 0.468 e. The van der Waals surface area contributed by atoms with E-state index >= 15 is 13.2 Å². The third-order valence-corrected chi connectivity index (χ3v) is 20.4. The van der Waals surface area contributed by atoms with Crippen molar-refractivity contribution in [1.82, 2.24) is 30.5 Å². The van der Waals surface area contributed by atoms with Crippen LogP contribution in [0.3, 0.4) is 0 Å². The van der Waals surface area contributed by atoms with Crippen molar-refractivity contribution in [2.45, 2.75) is 107 Å². The third kappa shape index (κ3) is 8.47. The van der Waals surface area contributed by atoms with Crippen molar-refractivity contribution in [2.24, 2.45) is 0 Å². The first-order chi connectivity index (χ1) is 30.1. The Balaban J connectivity index is 1.33. The zero-order chi connectivity index (χ0) is 44.8. The van der Waals surface area contributed by atoms with Crippen molar-refractivity contribution in [3.63, 3.8) is 0 Å². The molecule has 5 bridgehead atoms. The average molecular weight is 888 g/mol. The van der Waals surface area contributed by atoms with Crippen LogP contribution in [0.1, 0.15) is 72.8 Å². The van der Waals surface area contributed by atoms with Crippen LogP contribution in [0.25, 0.3) is 32.9 Å². The fraction of sp³-hybridized carbons (Fsp3) is 0.574. The van der Waals surface area contributed by atoms with Gasteiger partial charge in [-0.25, -0.2) is 13.2 Å². The van der Waals surface area contributed by atoms with Gasteiger partial charge in [0.15, 0.2) is 12.6 Å². The second-order valence-electron chi connectivity index (χ2n) is 19.0. The van der Waals surface area contributed by atoms with Crippen molar-refractivity contribution in [1.29, 1.82) is 0 Å². The molecule has 4 aliphatic rings. The standard InChI is InChI=1S/C47H60F3N7O5Si/c1-28(2)63(29(3)4,30(5)6)16-13-35-38(49)10-9-31-17-34(62-27-59-8)18-36(40(31)35)42-41(50)43-37(20-51-42)44-54-45(53-43)61-26-47(19-32(48)21-56(47)7)23-52-39(58)12-15-60-25-46-14-11-33(55-46)22-57(44)24-46/h9-10,17-18,20,28-30,32-33,55H,11-12,14-15,19,21-27H2,1-8H3,(H,52,58)/t32-,33?,46?,47?/m1/s1. The van der Waals surface area contributed by atoms with Gasteiger partial charge >= 0.3 is 6.01 Å². The summed E-state index contributed by atoms with van der Waals surface area (Å²) in [6.45, 7) is 15.0. The third-order valence-electron chi connectivity index (χ3n) is 14.1. The van der Waals surface area contributed by atoms with Gasteiger partial charge in [-0.3, -0.25) is 14.7 Å². The number of nitrogens with one attached hydrogen (secondary N) is 2. The van der Waals surface area contributed by atoms with Crippen LogP contribution in [0.15, 0.2) is 30.5 Å². The van der Waals surface area contributed by atoms with Crippen LogP contribution in [0.5, 0.6) is 11.8 Å². The van der Waals surface area contributed by atoms with E-state index in [1.54, 1.807) is 31.4 Å². The van der Waals surface area contributed by atoms with Gasteiger partial charge < -0.3 is 34.5 Å². The molecule has 4 atom stereocenters. The summed E-state index contributed by atoms with van der Waals surface area (Å²) in [7, 11) is 0.974. The van der Waals surface area contributed by atoms with Gasteiger partial charge in [0.25, 0.3) is 0 Å². The predicted octanol–water partition coefficient (Wildman–Crippen LogP) is 7.31. The number of alkyl halides is 1. The highest BCUT2D eigenvalue weighted by Crippen LogP contribution is 2.43. The smallest absolute Gasteiger partial charge is 0.319 e. The number of hydrogen-bond acceptors (Lipinski definition) is 11. The highest BCUT2D eigenvalue weighted by molar-refractivity contribution is 6.90. The molecule has 0 saturated carbocycles. The van der Waals surface area contributed by atoms with E-state index in [2.05, 4.69) is 68.5 Å². The van der Waals surface area contributed by atoms with E-state index in [1.807, 2.05) is 4.90 Å². The van der Waals surface area contributed by atoms with E-state index in [4.69, 9.17) is 33.9 Å². The number of halogens is 3. The Morgan fingerprint density at radius 3 is 2.56 bits per heavy atom. The number of likely N-dealkylation sites (tertiary alicyclic amines) is 1. The maximum absolute atomic E-state index is 17.9. The lowest BCUT2D eigenvalue weighted by Crippen LogP contribution is -2.62. The van der Waals surface area contributed by atoms with E-state index in [9.17, 15) is 4.79 Å². The van der Waals surface area contributed by atoms with Gasteiger partial charge in [0.05, 0.1) is 35.2 Å². The normalized spacial score (nSPS) is 24.7. The molecule has 63 heavy (non-hydrogen) atoms. The summed E-state index contributed by atoms with van der Waals surface area (Å²) >= 11 is 0. The molecule has 3 fully saturated rings. The second-order valence-corrected chi connectivity index (χ2v) is 24.6. The van der Waals surface area contributed by atoms with Gasteiger partial charge in [-0.1, -0.05) is 53.5 Å². The maximum Gasteiger partial charge on any atom is 0.319 e. The molecule has 8 rings (SSSR count). The Labute approximate surface area is 369 Å². The zero-order valence-corrected chi connectivity index (χ0v) is 38.7. The summed E-state index contributed by atoms with van der Waals surface area (Å²) in [6.07, 6.45) is 2.44. The summed E-state index contributed by atoms with van der Waals surface area (Å²) in [5.41, 5.74) is 3.52. The molecule has 2 spiro atoms. The summed E-state index contributed by atoms with van der Waals surface area (Å²) in [5, 5.41) is 8.08. The monoisotopic (exact) mass is 887 g/mol. The minimum atomic E-state index is -2.33. The van der Waals surface area contributed by atoms with Crippen LogP contribution in [-0.2, 0) is 14.3 Å². The lowest BCUT2D eigenvalue weighted by molar-refractivity contribution is -0.123. The molecule has 3 saturated heterocycles. The van der Waals surface area contributed by atoms with Crippen LogP contribution >= 0.6 is 0 Å². The molecule has 0 radical (unpaired) electrons. The first kappa shape index (κ1) is 45.1. The van der Waals surface area contributed by atoms with Crippen molar-refractivity contribution >= 4 is 41.5 Å². The molecule has 12 nitrogen and oxygen atoms in total. The molecule has 0 aliphatic carbocycles. The highest BCUT2D eigenvalue weighted by atomic mass is 28.3. The van der Waals surface area contributed by atoms with Crippen LogP contribution in [-0.4, -0.2) is 124 Å². The number of carbonyl (C=O) groups excluding carboxylic acids is 1. The number of benzene rings is 2. The molecule has 4 aliphatic heterocycles. The Morgan fingerprint density at radius 1 is 1.06 bits per heavy atom. The van der Waals surface area contributed by atoms with E-state index in [1.165, 1.54) is 13.2 Å². The Hall–Kier alpha value is -4.53. The van der Waals surface area contributed by atoms with Crippen LogP contribution in [0, 0.1) is 23.1 Å². The number of aromatic nitrogens is 3. The van der Waals surface area contributed by atoms with Crippen LogP contribution < -0.4 is 25.0 Å². The number of fused-ring (bicyclic) bond motifs is 8. The second kappa shape index (κ2) is 17.8. The molecule has 2 aromatic heterocycles. The van der Waals surface area contributed by atoms with E-state index in [0.29, 0.717) is 64.0 Å². The first-order valence-electron chi connectivity index (χ1n) is 22.2. The average Bonchev–Trinajstić information content (AvgIpc) is 3.71. The Kier molecular flexibility index (Phi) is 12.7. The van der Waals surface area contributed by atoms with Crippen LogP contribution in [0.2, 0.25) is 16.6 Å². The molecular weight excluding hydrogens is 828 g/mol. The Morgan fingerprint density at radius 2 is 1.84 bits per heavy atom. The molecule has 6 heterocycles. The first-order valence-corrected chi connectivity index (χ1v) is 24.4. The molecule has 4 aromatic rings. The summed E-state index contributed by atoms with van der Waals surface area (Å²) in [4.78, 5) is 31.4. The number of pyridine rings is 1. The molecule has 2 aromatic carbocycles. The fourth-order valence-corrected chi connectivity index (χ4v) is 16.1. The van der Waals surface area contributed by atoms with E-state index in [0.717, 1.165) is 12.8 Å². The van der Waals surface area contributed by atoms with Crippen molar-refractivity contribution in [3.05, 3.63) is 47.7 Å². The van der Waals surface area contributed by atoms with Gasteiger partial charge in [0, 0.05) is 69.3 Å². The molecular formula is C47H60F3N7O5Si. The van der Waals surface area contributed by atoms with Gasteiger partial charge in [-0.05, 0) is 60.1 Å². The molecule has 16 heteroatoms. The predicted molar refractivity (Wildman–Crippen MR) is 241 cm³/mol. The quantitative estimate of drug-likeness (QED) is 0.110. The van der Waals surface area contributed by atoms with Gasteiger partial charge in [-0.15, -0.1) is 5.54 Å². The number of hydrogen-bond donors (Lipinski definition) is 2. The summed E-state index contributed by atoms with van der Waals surface area (Å²) in [5.74, 6) is 2.65. The maximum atomic E-state index is 17.9. The zero-order valence-electron chi connectivity index (χ0n) is 37.7. The molecule has 338 valence electrons. The van der Waals surface area contributed by atoms with E-state index in [-0.39, 0.29) is 86.2 Å². The molecule has 2 N–H and O–H groups in total. The molecule has 1 amide bonds. The number of piperazine rings is 1. The number of anilines is 1. The molecule has 3 unspecified atom stereocenters. The number of rotatable bonds is 7. The minimum Gasteiger partial charge on any atom is -0.468 e. The number of ether oxygens (including phenoxy) is 4. The number of amides is 1. The number of methoxy groups -OCH3 is 1. The Bertz CT molecular complexity index is 2430. The van der Waals surface area contributed by atoms with Crippen LogP contribution in [0.4, 0.5) is 19.0 Å². The van der Waals surface area contributed by atoms with Crippen molar-refractivity contribution in [2.75, 3.05) is 71.8 Å². The SMILES string of the molecule is COCOc1cc(-c2ncc3c4nc(nc3c2F)OCC2(CNC(=O)CCOCC35CCC(CN4C3)N5)C[C@@H](F)CN2C)c2c(C#C[Si](C(C)C)(C(C)C)C(C)C)c(F)ccc2c1. The number of nitrogens with zero attached hydrogens (tertiary/aromatic N) is 5. The van der Waals surface area contributed by atoms with Crippen molar-refractivity contribution < 1.29 is 36.9 Å². The summed E-state index contributed by atoms with van der Waals surface area (Å²) < 4.78 is 73.0. The summed E-state index contributed by atoms with van der Waals surface area (Å²) in [6, 6.07) is 6.44.